The van der Waals surface area contributed by atoms with E-state index < -0.39 is 10.5 Å². The number of aromatic nitrogens is 2. The summed E-state index contributed by atoms with van der Waals surface area (Å²) in [4.78, 5) is 21.4. The summed E-state index contributed by atoms with van der Waals surface area (Å²) in [6.45, 7) is 0.623. The monoisotopic (exact) mass is 270 g/mol. The molecule has 0 saturated carbocycles. The second kappa shape index (κ2) is 5.33. The smallest absolute Gasteiger partial charge is 0.386 e. The van der Waals surface area contributed by atoms with E-state index in [9.17, 15) is 20.0 Å². The molecule has 1 aliphatic rings. The highest BCUT2D eigenvalue weighted by molar-refractivity contribution is 5.75. The molecule has 0 aliphatic carbocycles. The summed E-state index contributed by atoms with van der Waals surface area (Å²) in [5.41, 5.74) is -1.02. The molecule has 2 N–H and O–H groups in total. The van der Waals surface area contributed by atoms with Gasteiger partial charge in [0.1, 0.15) is 12.1 Å². The van der Waals surface area contributed by atoms with Crippen molar-refractivity contribution in [3.8, 4) is 0 Å². The molecule has 9 nitrogen and oxygen atoms in total. The van der Waals surface area contributed by atoms with E-state index in [0.717, 1.165) is 0 Å². The first-order valence-electron chi connectivity index (χ1n) is 5.73. The van der Waals surface area contributed by atoms with Crippen molar-refractivity contribution in [3.05, 3.63) is 22.4 Å². The summed E-state index contributed by atoms with van der Waals surface area (Å²) < 4.78 is 6.22. The van der Waals surface area contributed by atoms with Crippen LogP contribution in [0.4, 0.5) is 5.82 Å². The molecule has 1 fully saturated rings. The molecule has 19 heavy (non-hydrogen) atoms. The van der Waals surface area contributed by atoms with Gasteiger partial charge in [0, 0.05) is 19.6 Å². The normalized spacial score (nSPS) is 22.4. The van der Waals surface area contributed by atoms with Gasteiger partial charge in [0.05, 0.1) is 24.0 Å². The van der Waals surface area contributed by atoms with Crippen LogP contribution in [0, 0.1) is 10.1 Å². The second-order valence-electron chi connectivity index (χ2n) is 4.43. The van der Waals surface area contributed by atoms with E-state index in [2.05, 4.69) is 10.4 Å². The van der Waals surface area contributed by atoms with Crippen LogP contribution in [0.5, 0.6) is 0 Å². The van der Waals surface area contributed by atoms with Crippen LogP contribution in [0.2, 0.25) is 0 Å². The summed E-state index contributed by atoms with van der Waals surface area (Å²) >= 11 is 0. The third-order valence-corrected chi connectivity index (χ3v) is 2.82. The van der Waals surface area contributed by atoms with E-state index >= 15 is 0 Å². The summed E-state index contributed by atoms with van der Waals surface area (Å²) in [5, 5.41) is 26.5. The van der Waals surface area contributed by atoms with E-state index in [1.807, 2.05) is 0 Å². The number of aliphatic hydroxyl groups is 1. The predicted molar refractivity (Wildman–Crippen MR) is 62.3 cm³/mol. The molecule has 1 saturated heterocycles. The Morgan fingerprint density at radius 3 is 3.11 bits per heavy atom. The van der Waals surface area contributed by atoms with Gasteiger partial charge in [-0.2, -0.15) is 4.68 Å². The molecule has 0 aromatic carbocycles. The highest BCUT2D eigenvalue weighted by Crippen LogP contribution is 2.16. The number of nitro groups is 1. The molecule has 1 atom stereocenters. The van der Waals surface area contributed by atoms with E-state index in [4.69, 9.17) is 4.74 Å². The van der Waals surface area contributed by atoms with E-state index in [1.165, 1.54) is 16.9 Å². The van der Waals surface area contributed by atoms with Crippen molar-refractivity contribution >= 4 is 11.7 Å². The molecular formula is C10H14N4O5. The van der Waals surface area contributed by atoms with Gasteiger partial charge in [-0.15, -0.1) is 0 Å². The van der Waals surface area contributed by atoms with Crippen molar-refractivity contribution in [2.24, 2.45) is 0 Å². The van der Waals surface area contributed by atoms with Crippen molar-refractivity contribution in [3.63, 3.8) is 0 Å². The molecule has 0 spiro atoms. The summed E-state index contributed by atoms with van der Waals surface area (Å²) in [5.74, 6) is -0.686. The average molecular weight is 270 g/mol. The number of hydrogen-bond donors (Lipinski definition) is 2. The van der Waals surface area contributed by atoms with Gasteiger partial charge in [0.15, 0.2) is 0 Å². The van der Waals surface area contributed by atoms with Gasteiger partial charge in [-0.1, -0.05) is 0 Å². The van der Waals surface area contributed by atoms with Crippen LogP contribution < -0.4 is 5.32 Å². The van der Waals surface area contributed by atoms with Crippen LogP contribution in [-0.4, -0.2) is 51.1 Å². The van der Waals surface area contributed by atoms with Crippen LogP contribution in [0.15, 0.2) is 12.3 Å². The summed E-state index contributed by atoms with van der Waals surface area (Å²) in [7, 11) is 0. The maximum atomic E-state index is 11.6. The Balaban J connectivity index is 1.82. The zero-order valence-electron chi connectivity index (χ0n) is 10.1. The fourth-order valence-electron chi connectivity index (χ4n) is 1.74. The number of ether oxygens (including phenoxy) is 1. The number of nitrogens with zero attached hydrogens (tertiary/aromatic N) is 3. The molecule has 0 radical (unpaired) electrons. The molecule has 1 amide bonds. The minimum absolute atomic E-state index is 0.0925. The highest BCUT2D eigenvalue weighted by atomic mass is 16.6. The lowest BCUT2D eigenvalue weighted by Crippen LogP contribution is -2.44. The standard InChI is InChI=1S/C10H14N4O5/c15-9(11-6-10(16)2-4-19-7-10)5-13-3-1-8(12-13)14(17)18/h1,3,16H,2,4-7H2,(H,11,15). The molecule has 1 aliphatic heterocycles. The molecule has 1 aromatic rings. The molecular weight excluding hydrogens is 256 g/mol. The minimum Gasteiger partial charge on any atom is -0.386 e. The molecule has 1 aromatic heterocycles. The quantitative estimate of drug-likeness (QED) is 0.526. The van der Waals surface area contributed by atoms with E-state index in [0.29, 0.717) is 13.0 Å². The third-order valence-electron chi connectivity index (χ3n) is 2.82. The lowest BCUT2D eigenvalue weighted by molar-refractivity contribution is -0.389. The number of hydrogen-bond acceptors (Lipinski definition) is 6. The first-order valence-corrected chi connectivity index (χ1v) is 5.73. The predicted octanol–water partition coefficient (Wildman–Crippen LogP) is -0.941. The number of nitrogens with one attached hydrogen (secondary N) is 1. The molecule has 2 heterocycles. The van der Waals surface area contributed by atoms with E-state index in [-0.39, 0.29) is 31.4 Å². The van der Waals surface area contributed by atoms with Crippen LogP contribution in [-0.2, 0) is 16.1 Å². The Labute approximate surface area is 108 Å². The van der Waals surface area contributed by atoms with Gasteiger partial charge in [0.2, 0.25) is 5.91 Å². The highest BCUT2D eigenvalue weighted by Gasteiger charge is 2.32. The molecule has 9 heteroatoms. The molecule has 1 unspecified atom stereocenters. The number of carbonyl (C=O) groups excluding carboxylic acids is 1. The fourth-order valence-corrected chi connectivity index (χ4v) is 1.74. The van der Waals surface area contributed by atoms with Crippen LogP contribution in [0.3, 0.4) is 0 Å². The van der Waals surface area contributed by atoms with Crippen LogP contribution in [0.1, 0.15) is 6.42 Å². The summed E-state index contributed by atoms with van der Waals surface area (Å²) in [6.07, 6.45) is 1.83. The van der Waals surface area contributed by atoms with Gasteiger partial charge < -0.3 is 25.3 Å². The first-order chi connectivity index (χ1) is 8.98. The molecule has 0 bridgehead atoms. The van der Waals surface area contributed by atoms with Crippen molar-refractivity contribution in [2.45, 2.75) is 18.6 Å². The Bertz CT molecular complexity index is 480. The maximum absolute atomic E-state index is 11.6. The van der Waals surface area contributed by atoms with Gasteiger partial charge in [-0.05, 0) is 4.92 Å². The van der Waals surface area contributed by atoms with Crippen LogP contribution >= 0.6 is 0 Å². The molecule has 2 rings (SSSR count). The topological polar surface area (TPSA) is 120 Å². The van der Waals surface area contributed by atoms with Gasteiger partial charge in [0.25, 0.3) is 0 Å². The number of rotatable bonds is 5. The second-order valence-corrected chi connectivity index (χ2v) is 4.43. The Kier molecular flexibility index (Phi) is 3.76. The van der Waals surface area contributed by atoms with Gasteiger partial charge in [-0.25, -0.2) is 0 Å². The van der Waals surface area contributed by atoms with Crippen molar-refractivity contribution in [1.82, 2.24) is 15.1 Å². The van der Waals surface area contributed by atoms with Crippen molar-refractivity contribution < 1.29 is 19.6 Å². The Morgan fingerprint density at radius 1 is 1.74 bits per heavy atom. The minimum atomic E-state index is -1.02. The zero-order chi connectivity index (χ0) is 13.9. The fraction of sp³-hybridized carbons (Fsp3) is 0.600. The van der Waals surface area contributed by atoms with Gasteiger partial charge >= 0.3 is 5.82 Å². The Morgan fingerprint density at radius 2 is 2.53 bits per heavy atom. The average Bonchev–Trinajstić information content (AvgIpc) is 2.97. The first kappa shape index (κ1) is 13.4. The largest absolute Gasteiger partial charge is 0.389 e. The Hall–Kier alpha value is -2.00. The number of carbonyl (C=O) groups is 1. The zero-order valence-corrected chi connectivity index (χ0v) is 10.1. The third kappa shape index (κ3) is 3.48. The van der Waals surface area contributed by atoms with E-state index in [1.54, 1.807) is 0 Å². The van der Waals surface area contributed by atoms with Crippen molar-refractivity contribution in [2.75, 3.05) is 19.8 Å². The lowest BCUT2D eigenvalue weighted by atomic mass is 10.0. The van der Waals surface area contributed by atoms with Crippen LogP contribution in [0.25, 0.3) is 0 Å². The number of amides is 1. The van der Waals surface area contributed by atoms with Gasteiger partial charge in [-0.3, -0.25) is 4.79 Å². The SMILES string of the molecule is O=C(Cn1ccc([N+](=O)[O-])n1)NCC1(O)CCOC1. The molecule has 104 valence electrons. The lowest BCUT2D eigenvalue weighted by Gasteiger charge is -2.20. The maximum Gasteiger partial charge on any atom is 0.389 e. The summed E-state index contributed by atoms with van der Waals surface area (Å²) in [6, 6.07) is 1.21. The van der Waals surface area contributed by atoms with Crippen molar-refractivity contribution in [1.29, 1.82) is 0 Å².